The van der Waals surface area contributed by atoms with Crippen molar-refractivity contribution < 1.29 is 4.74 Å². The predicted octanol–water partition coefficient (Wildman–Crippen LogP) is 1.68. The normalized spacial score (nSPS) is 18.5. The number of pyridine rings is 1. The quantitative estimate of drug-likeness (QED) is 0.625. The number of ether oxygens (including phenoxy) is 1. The number of amidine groups is 1. The smallest absolute Gasteiger partial charge is 0.129 e. The third-order valence-electron chi connectivity index (χ3n) is 3.40. The Balaban J connectivity index is 2.19. The van der Waals surface area contributed by atoms with E-state index < -0.39 is 0 Å². The van der Waals surface area contributed by atoms with E-state index in [1.54, 1.807) is 0 Å². The van der Waals surface area contributed by atoms with Crippen LogP contribution in [0.1, 0.15) is 31.0 Å². The molecule has 0 saturated carbocycles. The molecule has 1 aliphatic heterocycles. The third-order valence-corrected chi connectivity index (χ3v) is 3.40. The first-order chi connectivity index (χ1) is 9.10. The van der Waals surface area contributed by atoms with Crippen LogP contribution in [-0.2, 0) is 4.74 Å². The van der Waals surface area contributed by atoms with E-state index in [-0.39, 0.29) is 5.84 Å². The monoisotopic (exact) mass is 262 g/mol. The van der Waals surface area contributed by atoms with Crippen LogP contribution < -0.4 is 10.6 Å². The number of aryl methyl sites for hydroxylation is 1. The molecule has 0 radical (unpaired) electrons. The fourth-order valence-corrected chi connectivity index (χ4v) is 2.39. The van der Waals surface area contributed by atoms with Gasteiger partial charge in [-0.05, 0) is 38.8 Å². The molecular formula is C14H22N4O. The van der Waals surface area contributed by atoms with Crippen molar-refractivity contribution in [3.8, 4) is 0 Å². The number of hydrogen-bond donors (Lipinski definition) is 2. The number of nitrogens with one attached hydrogen (secondary N) is 1. The Morgan fingerprint density at radius 1 is 1.58 bits per heavy atom. The molecule has 5 nitrogen and oxygen atoms in total. The van der Waals surface area contributed by atoms with Gasteiger partial charge in [-0.1, -0.05) is 0 Å². The van der Waals surface area contributed by atoms with Crippen LogP contribution >= 0.6 is 0 Å². The fraction of sp³-hybridized carbons (Fsp3) is 0.571. The molecule has 104 valence electrons. The van der Waals surface area contributed by atoms with Gasteiger partial charge in [0, 0.05) is 31.0 Å². The van der Waals surface area contributed by atoms with Gasteiger partial charge in [0.1, 0.15) is 11.7 Å². The maximum atomic E-state index is 7.56. The van der Waals surface area contributed by atoms with Gasteiger partial charge in [-0.15, -0.1) is 0 Å². The lowest BCUT2D eigenvalue weighted by atomic mass is 10.2. The molecule has 5 heteroatoms. The van der Waals surface area contributed by atoms with Gasteiger partial charge < -0.3 is 15.4 Å². The van der Waals surface area contributed by atoms with E-state index >= 15 is 0 Å². The summed E-state index contributed by atoms with van der Waals surface area (Å²) in [5.74, 6) is 0.961. The van der Waals surface area contributed by atoms with Crippen molar-refractivity contribution in [3.63, 3.8) is 0 Å². The minimum absolute atomic E-state index is 0.0833. The van der Waals surface area contributed by atoms with Gasteiger partial charge in [0.05, 0.1) is 6.10 Å². The first kappa shape index (κ1) is 13.8. The van der Waals surface area contributed by atoms with E-state index in [4.69, 9.17) is 15.9 Å². The van der Waals surface area contributed by atoms with E-state index in [1.807, 2.05) is 19.1 Å². The number of nitrogens with two attached hydrogens (primary N) is 1. The van der Waals surface area contributed by atoms with Crippen LogP contribution in [0.2, 0.25) is 0 Å². The number of likely N-dealkylation sites (N-methyl/N-ethyl adjacent to an activating group) is 1. The molecule has 1 aromatic rings. The SMILES string of the molecule is CCN(CC1CCCO1)c1cc(C(=N)N)cc(C)n1. The molecule has 0 aliphatic carbocycles. The van der Waals surface area contributed by atoms with E-state index in [9.17, 15) is 0 Å². The molecular weight excluding hydrogens is 240 g/mol. The summed E-state index contributed by atoms with van der Waals surface area (Å²) in [6, 6.07) is 3.72. The number of hydrogen-bond acceptors (Lipinski definition) is 4. The molecule has 1 atom stereocenters. The lowest BCUT2D eigenvalue weighted by molar-refractivity contribution is 0.115. The maximum Gasteiger partial charge on any atom is 0.129 e. The second-order valence-electron chi connectivity index (χ2n) is 4.94. The van der Waals surface area contributed by atoms with Crippen LogP contribution in [0.15, 0.2) is 12.1 Å². The summed E-state index contributed by atoms with van der Waals surface area (Å²) < 4.78 is 5.68. The largest absolute Gasteiger partial charge is 0.384 e. The van der Waals surface area contributed by atoms with Crippen LogP contribution in [0.3, 0.4) is 0 Å². The minimum atomic E-state index is 0.0833. The van der Waals surface area contributed by atoms with Crippen molar-refractivity contribution in [2.75, 3.05) is 24.6 Å². The highest BCUT2D eigenvalue weighted by Gasteiger charge is 2.19. The number of rotatable bonds is 5. The molecule has 1 saturated heterocycles. The van der Waals surface area contributed by atoms with Crippen LogP contribution in [0.5, 0.6) is 0 Å². The van der Waals surface area contributed by atoms with Crippen molar-refractivity contribution in [1.82, 2.24) is 4.98 Å². The molecule has 1 unspecified atom stereocenters. The molecule has 0 bridgehead atoms. The Morgan fingerprint density at radius 3 is 2.95 bits per heavy atom. The average Bonchev–Trinajstić information content (AvgIpc) is 2.88. The molecule has 3 N–H and O–H groups in total. The van der Waals surface area contributed by atoms with Crippen molar-refractivity contribution in [2.45, 2.75) is 32.8 Å². The van der Waals surface area contributed by atoms with Gasteiger partial charge >= 0.3 is 0 Å². The Hall–Kier alpha value is -1.62. The van der Waals surface area contributed by atoms with Crippen molar-refractivity contribution in [1.29, 1.82) is 5.41 Å². The molecule has 19 heavy (non-hydrogen) atoms. The molecule has 1 fully saturated rings. The zero-order valence-electron chi connectivity index (χ0n) is 11.6. The molecule has 2 heterocycles. The van der Waals surface area contributed by atoms with Gasteiger partial charge in [0.15, 0.2) is 0 Å². The number of nitrogen functional groups attached to an aromatic ring is 1. The van der Waals surface area contributed by atoms with Crippen LogP contribution in [0.4, 0.5) is 5.82 Å². The molecule has 1 aromatic heterocycles. The maximum absolute atomic E-state index is 7.56. The Labute approximate surface area is 114 Å². The van der Waals surface area contributed by atoms with Crippen LogP contribution in [0, 0.1) is 12.3 Å². The van der Waals surface area contributed by atoms with Crippen molar-refractivity contribution in [3.05, 3.63) is 23.4 Å². The summed E-state index contributed by atoms with van der Waals surface area (Å²) in [5.41, 5.74) is 7.18. The molecule has 1 aliphatic rings. The average molecular weight is 262 g/mol. The highest BCUT2D eigenvalue weighted by atomic mass is 16.5. The van der Waals surface area contributed by atoms with Gasteiger partial charge in [-0.3, -0.25) is 5.41 Å². The molecule has 2 rings (SSSR count). The molecule has 0 spiro atoms. The third kappa shape index (κ3) is 3.44. The standard InChI is InChI=1S/C14H22N4O/c1-3-18(9-12-5-4-6-19-12)13-8-11(14(15)16)7-10(2)17-13/h7-8,12H,3-6,9H2,1-2H3,(H3,15,16). The van der Waals surface area contributed by atoms with Gasteiger partial charge in [0.2, 0.25) is 0 Å². The number of aromatic nitrogens is 1. The summed E-state index contributed by atoms with van der Waals surface area (Å²) >= 11 is 0. The van der Waals surface area contributed by atoms with E-state index in [2.05, 4.69) is 16.8 Å². The predicted molar refractivity (Wildman–Crippen MR) is 76.9 cm³/mol. The van der Waals surface area contributed by atoms with Crippen molar-refractivity contribution >= 4 is 11.7 Å². The number of anilines is 1. The first-order valence-corrected chi connectivity index (χ1v) is 6.79. The molecule has 0 amide bonds. The lowest BCUT2D eigenvalue weighted by Crippen LogP contribution is -2.33. The fourth-order valence-electron chi connectivity index (χ4n) is 2.39. The topological polar surface area (TPSA) is 75.2 Å². The summed E-state index contributed by atoms with van der Waals surface area (Å²) in [5, 5.41) is 7.56. The zero-order valence-corrected chi connectivity index (χ0v) is 11.6. The summed E-state index contributed by atoms with van der Waals surface area (Å²) in [6.45, 7) is 6.61. The van der Waals surface area contributed by atoms with Gasteiger partial charge in [-0.2, -0.15) is 0 Å². The summed E-state index contributed by atoms with van der Waals surface area (Å²) in [4.78, 5) is 6.74. The molecule has 0 aromatic carbocycles. The highest BCUT2D eigenvalue weighted by Crippen LogP contribution is 2.19. The minimum Gasteiger partial charge on any atom is -0.384 e. The zero-order chi connectivity index (χ0) is 13.8. The second kappa shape index (κ2) is 6.02. The van der Waals surface area contributed by atoms with E-state index in [1.165, 1.54) is 0 Å². The highest BCUT2D eigenvalue weighted by molar-refractivity contribution is 5.95. The van der Waals surface area contributed by atoms with Crippen molar-refractivity contribution in [2.24, 2.45) is 5.73 Å². The number of nitrogens with zero attached hydrogens (tertiary/aromatic N) is 2. The Morgan fingerprint density at radius 2 is 2.37 bits per heavy atom. The first-order valence-electron chi connectivity index (χ1n) is 6.79. The van der Waals surface area contributed by atoms with Crippen LogP contribution in [-0.4, -0.2) is 36.6 Å². The lowest BCUT2D eigenvalue weighted by Gasteiger charge is -2.25. The van der Waals surface area contributed by atoms with E-state index in [0.29, 0.717) is 6.10 Å². The summed E-state index contributed by atoms with van der Waals surface area (Å²) in [6.07, 6.45) is 2.55. The Bertz CT molecular complexity index is 455. The van der Waals surface area contributed by atoms with Crippen LogP contribution in [0.25, 0.3) is 0 Å². The second-order valence-corrected chi connectivity index (χ2v) is 4.94. The van der Waals surface area contributed by atoms with Gasteiger partial charge in [0.25, 0.3) is 0 Å². The van der Waals surface area contributed by atoms with Gasteiger partial charge in [-0.25, -0.2) is 4.98 Å². The summed E-state index contributed by atoms with van der Waals surface area (Å²) in [7, 11) is 0. The Kier molecular flexibility index (Phi) is 4.37. The van der Waals surface area contributed by atoms with E-state index in [0.717, 1.165) is 49.6 Å².